The van der Waals surface area contributed by atoms with Crippen LogP contribution in [0.2, 0.25) is 0 Å². The van der Waals surface area contributed by atoms with Crippen molar-refractivity contribution >= 4 is 27.9 Å². The van der Waals surface area contributed by atoms with E-state index in [2.05, 4.69) is 11.8 Å². The fraction of sp³-hybridized carbons (Fsp3) is 0.417. The summed E-state index contributed by atoms with van der Waals surface area (Å²) in [4.78, 5) is 14.6. The summed E-state index contributed by atoms with van der Waals surface area (Å²) in [6.45, 7) is 1.59. The van der Waals surface area contributed by atoms with E-state index in [1.165, 1.54) is 24.3 Å². The van der Waals surface area contributed by atoms with Gasteiger partial charge in [0.05, 0.1) is 18.3 Å². The minimum absolute atomic E-state index is 0.343. The van der Waals surface area contributed by atoms with Gasteiger partial charge in [0.1, 0.15) is 17.7 Å². The van der Waals surface area contributed by atoms with Crippen molar-refractivity contribution in [1.29, 1.82) is 5.26 Å². The van der Waals surface area contributed by atoms with Crippen LogP contribution in [0, 0.1) is 11.3 Å². The molecule has 182 valence electrons. The highest BCUT2D eigenvalue weighted by Gasteiger charge is 2.39. The van der Waals surface area contributed by atoms with E-state index in [1.54, 1.807) is 6.07 Å². The second kappa shape index (κ2) is 10.4. The van der Waals surface area contributed by atoms with Gasteiger partial charge >= 0.3 is 6.18 Å². The molecule has 7 nitrogen and oxygen atoms in total. The Morgan fingerprint density at radius 3 is 2.47 bits per heavy atom. The summed E-state index contributed by atoms with van der Waals surface area (Å²) in [5, 5.41) is 40.4. The average Bonchev–Trinajstić information content (AvgIpc) is 3.24. The molecule has 0 spiro atoms. The molecule has 3 rings (SSSR count). The fourth-order valence-electron chi connectivity index (χ4n) is 4.10. The lowest BCUT2D eigenvalue weighted by atomic mass is 9.96. The number of carbonyl (C=O) groups excluding carboxylic acids is 1. The Morgan fingerprint density at radius 1 is 1.21 bits per heavy atom. The van der Waals surface area contributed by atoms with Gasteiger partial charge in [-0.25, -0.2) is 0 Å². The molecule has 3 atom stereocenters. The van der Waals surface area contributed by atoms with Gasteiger partial charge < -0.3 is 25.5 Å². The van der Waals surface area contributed by atoms with Crippen molar-refractivity contribution < 1.29 is 33.3 Å². The molecule has 1 fully saturated rings. The van der Waals surface area contributed by atoms with Crippen molar-refractivity contribution in [2.75, 3.05) is 24.6 Å². The third-order valence-electron chi connectivity index (χ3n) is 5.97. The monoisotopic (exact) mass is 477 g/mol. The number of fused-ring (bicyclic) bond motifs is 1. The van der Waals surface area contributed by atoms with Crippen molar-refractivity contribution in [3.05, 3.63) is 47.5 Å². The maximum atomic E-state index is 14.0. The molecule has 0 aliphatic carbocycles. The highest BCUT2D eigenvalue weighted by Crippen LogP contribution is 2.38. The molecule has 1 amide bonds. The molecule has 4 N–H and O–H groups in total. The van der Waals surface area contributed by atoms with E-state index in [0.717, 1.165) is 30.5 Å². The van der Waals surface area contributed by atoms with Gasteiger partial charge in [-0.15, -0.1) is 0 Å². The Bertz CT molecular complexity index is 1130. The predicted octanol–water partition coefficient (Wildman–Crippen LogP) is 2.50. The first-order valence-corrected chi connectivity index (χ1v) is 10.8. The van der Waals surface area contributed by atoms with Crippen LogP contribution in [0.25, 0.3) is 16.3 Å². The highest BCUT2D eigenvalue weighted by molar-refractivity contribution is 6.06. The molecule has 2 aromatic rings. The number of anilines is 1. The summed E-state index contributed by atoms with van der Waals surface area (Å²) in [5.41, 5.74) is -1.92. The number of nitrogens with zero attached hydrogens (tertiary/aromatic N) is 2. The van der Waals surface area contributed by atoms with Crippen LogP contribution in [0.15, 0.2) is 42.0 Å². The van der Waals surface area contributed by atoms with E-state index in [1.807, 2.05) is 17.4 Å². The molecule has 1 heterocycles. The largest absolute Gasteiger partial charge is 0.418 e. The Labute approximate surface area is 194 Å². The van der Waals surface area contributed by atoms with Crippen LogP contribution in [0.5, 0.6) is 0 Å². The Hall–Kier alpha value is -3.13. The maximum Gasteiger partial charge on any atom is 0.418 e. The second-order valence-electron chi connectivity index (χ2n) is 8.32. The number of hydrogen-bond donors (Lipinski definition) is 4. The second-order valence-corrected chi connectivity index (χ2v) is 8.32. The smallest absolute Gasteiger partial charge is 0.394 e. The lowest BCUT2D eigenvalue weighted by Crippen LogP contribution is -2.41. The van der Waals surface area contributed by atoms with Crippen LogP contribution in [-0.4, -0.2) is 65.3 Å². The average molecular weight is 477 g/mol. The normalized spacial score (nSPS) is 18.9. The summed E-state index contributed by atoms with van der Waals surface area (Å²) in [5.74, 6) is -1.35. The molecular formula is C24H26F3N3O4. The number of rotatable bonds is 7. The van der Waals surface area contributed by atoms with Gasteiger partial charge in [0.15, 0.2) is 0 Å². The molecule has 0 aromatic heterocycles. The van der Waals surface area contributed by atoms with Crippen molar-refractivity contribution in [2.24, 2.45) is 0 Å². The van der Waals surface area contributed by atoms with Gasteiger partial charge in [0.25, 0.3) is 5.91 Å². The molecule has 0 bridgehead atoms. The molecule has 1 aliphatic rings. The van der Waals surface area contributed by atoms with Crippen LogP contribution in [0.3, 0.4) is 0 Å². The van der Waals surface area contributed by atoms with Crippen LogP contribution in [0.1, 0.15) is 25.3 Å². The third kappa shape index (κ3) is 5.50. The third-order valence-corrected chi connectivity index (χ3v) is 5.97. The molecule has 2 aromatic carbocycles. The Balaban J connectivity index is 1.97. The molecule has 10 heteroatoms. The van der Waals surface area contributed by atoms with Crippen molar-refractivity contribution in [2.45, 2.75) is 44.2 Å². The topological polar surface area (TPSA) is 117 Å². The van der Waals surface area contributed by atoms with E-state index in [0.29, 0.717) is 11.4 Å². The molecule has 1 saturated heterocycles. The van der Waals surface area contributed by atoms with Crippen LogP contribution in [0.4, 0.5) is 18.9 Å². The zero-order valence-electron chi connectivity index (χ0n) is 18.5. The van der Waals surface area contributed by atoms with E-state index in [-0.39, 0.29) is 5.56 Å². The van der Waals surface area contributed by atoms with Gasteiger partial charge in [-0.3, -0.25) is 4.79 Å². The van der Waals surface area contributed by atoms with Gasteiger partial charge in [-0.1, -0.05) is 18.2 Å². The number of hydrogen-bond acceptors (Lipinski definition) is 6. The molecule has 1 aliphatic heterocycles. The zero-order chi connectivity index (χ0) is 25.0. The number of aliphatic hydroxyl groups excluding tert-OH is 3. The number of allylic oxidation sites excluding steroid dienone is 1. The number of nitrogens with one attached hydrogen (secondary N) is 1. The molecule has 34 heavy (non-hydrogen) atoms. The van der Waals surface area contributed by atoms with Crippen LogP contribution in [-0.2, 0) is 4.79 Å². The van der Waals surface area contributed by atoms with Crippen LogP contribution >= 0.6 is 0 Å². The number of alkyl halides is 3. The fourth-order valence-corrected chi connectivity index (χ4v) is 4.10. The van der Waals surface area contributed by atoms with E-state index in [4.69, 9.17) is 5.11 Å². The number of amides is 1. The summed E-state index contributed by atoms with van der Waals surface area (Å²) < 4.78 is 41.9. The summed E-state index contributed by atoms with van der Waals surface area (Å²) in [7, 11) is 0. The van der Waals surface area contributed by atoms with Gasteiger partial charge in [-0.05, 0) is 54.3 Å². The van der Waals surface area contributed by atoms with Crippen molar-refractivity contribution in [1.82, 2.24) is 5.32 Å². The number of nitriles is 1. The number of benzene rings is 2. The molecule has 3 unspecified atom stereocenters. The van der Waals surface area contributed by atoms with E-state index < -0.39 is 48.6 Å². The number of carbonyl (C=O) groups is 1. The summed E-state index contributed by atoms with van der Waals surface area (Å²) >= 11 is 0. The standard InChI is InChI=1S/C24H26F3N3O4/c1-14-3-2-8-30(14)18-7-6-15-9-17(5-4-16(15)10-18)22(24(25,26)27)19(11-28)23(34)29-12-20(32)21(33)13-31/h4-7,9-10,14,20-21,31-33H,2-3,8,12-13H2,1H3,(H,29,34)/b22-19-. The molecule has 0 radical (unpaired) electrons. The minimum atomic E-state index is -5.01. The van der Waals surface area contributed by atoms with Gasteiger partial charge in [0, 0.05) is 24.8 Å². The maximum absolute atomic E-state index is 14.0. The van der Waals surface area contributed by atoms with Crippen LogP contribution < -0.4 is 10.2 Å². The van der Waals surface area contributed by atoms with E-state index in [9.17, 15) is 33.4 Å². The number of halogens is 3. The lowest BCUT2D eigenvalue weighted by molar-refractivity contribution is -0.118. The highest BCUT2D eigenvalue weighted by atomic mass is 19.4. The minimum Gasteiger partial charge on any atom is -0.394 e. The summed E-state index contributed by atoms with van der Waals surface area (Å²) in [6, 6.07) is 11.2. The molecular weight excluding hydrogens is 451 g/mol. The predicted molar refractivity (Wildman–Crippen MR) is 121 cm³/mol. The number of aliphatic hydroxyl groups is 3. The Morgan fingerprint density at radius 2 is 1.88 bits per heavy atom. The van der Waals surface area contributed by atoms with E-state index >= 15 is 0 Å². The first-order valence-electron chi connectivity index (χ1n) is 10.8. The quantitative estimate of drug-likeness (QED) is 0.360. The zero-order valence-corrected chi connectivity index (χ0v) is 18.5. The Kier molecular flexibility index (Phi) is 7.82. The van der Waals surface area contributed by atoms with Gasteiger partial charge in [0.2, 0.25) is 0 Å². The van der Waals surface area contributed by atoms with Crippen molar-refractivity contribution in [3.63, 3.8) is 0 Å². The first kappa shape index (κ1) is 25.5. The lowest BCUT2D eigenvalue weighted by Gasteiger charge is -2.24. The van der Waals surface area contributed by atoms with Gasteiger partial charge in [-0.2, -0.15) is 18.4 Å². The SMILES string of the molecule is CC1CCCN1c1ccc2cc(/C(=C(\C#N)C(=O)NCC(O)C(O)CO)C(F)(F)F)ccc2c1. The first-order chi connectivity index (χ1) is 16.1. The van der Waals surface area contributed by atoms with Crippen molar-refractivity contribution in [3.8, 4) is 6.07 Å². The summed E-state index contributed by atoms with van der Waals surface area (Å²) in [6.07, 6.45) is -6.06. The molecule has 0 saturated carbocycles.